The number of pyridine rings is 1. The van der Waals surface area contributed by atoms with Crippen LogP contribution in [0.2, 0.25) is 5.02 Å². The number of hydrogen-bond donors (Lipinski definition) is 6. The lowest BCUT2D eigenvalue weighted by Gasteiger charge is -2.44. The molecule has 7 N–H and O–H groups in total. The molecule has 0 saturated carbocycles. The fraction of sp³-hybridized carbons (Fsp3) is 0.312. The van der Waals surface area contributed by atoms with Crippen molar-refractivity contribution in [3.8, 4) is 11.1 Å². The number of aromatic nitrogens is 1. The highest BCUT2D eigenvalue weighted by atomic mass is 35.5. The van der Waals surface area contributed by atoms with E-state index in [0.717, 1.165) is 6.21 Å². The number of aliphatic hydroxyl groups excluding tert-OH is 1. The number of carbonyl (C=O) groups excluding carboxylic acids is 1. The third-order valence-electron chi connectivity index (χ3n) is 8.37. The highest BCUT2D eigenvalue weighted by molar-refractivity contribution is 6.38. The molecule has 12 heteroatoms. The number of nitrogens with two attached hydrogens (primary N) is 1. The van der Waals surface area contributed by atoms with E-state index in [-0.39, 0.29) is 39.6 Å². The van der Waals surface area contributed by atoms with Gasteiger partial charge in [0.2, 0.25) is 5.91 Å². The molecular formula is C32H36ClFN8O2. The summed E-state index contributed by atoms with van der Waals surface area (Å²) >= 11 is 7.08. The summed E-state index contributed by atoms with van der Waals surface area (Å²) in [6, 6.07) is 4.95. The molecule has 5 rings (SSSR count). The van der Waals surface area contributed by atoms with Crippen LogP contribution in [0.3, 0.4) is 0 Å². The second-order valence-corrected chi connectivity index (χ2v) is 11.5. The fourth-order valence-corrected chi connectivity index (χ4v) is 6.42. The Labute approximate surface area is 260 Å². The van der Waals surface area contributed by atoms with Gasteiger partial charge >= 0.3 is 0 Å². The molecule has 0 aliphatic carbocycles. The monoisotopic (exact) mass is 618 g/mol. The first-order chi connectivity index (χ1) is 21.0. The molecule has 1 aromatic heterocycles. The van der Waals surface area contributed by atoms with Crippen LogP contribution in [0.15, 0.2) is 37.1 Å². The van der Waals surface area contributed by atoms with Gasteiger partial charge in [-0.2, -0.15) is 0 Å². The van der Waals surface area contributed by atoms with Crippen molar-refractivity contribution >= 4 is 52.3 Å². The number of nitrogens with zero attached hydrogens (tertiary/aromatic N) is 3. The molecule has 10 nitrogen and oxygen atoms in total. The first kappa shape index (κ1) is 31.0. The van der Waals surface area contributed by atoms with Crippen molar-refractivity contribution in [2.24, 2.45) is 0 Å². The maximum absolute atomic E-state index is 17.3. The smallest absolute Gasteiger partial charge is 0.246 e. The molecule has 1 saturated heterocycles. The molecule has 2 aliphatic heterocycles. The maximum atomic E-state index is 17.3. The minimum absolute atomic E-state index is 0.0297. The van der Waals surface area contributed by atoms with Gasteiger partial charge in [-0.1, -0.05) is 24.2 Å². The molecule has 0 bridgehead atoms. The van der Waals surface area contributed by atoms with Crippen molar-refractivity contribution in [2.75, 3.05) is 42.5 Å². The number of hydrogen-bond acceptors (Lipinski definition) is 8. The van der Waals surface area contributed by atoms with Gasteiger partial charge in [-0.05, 0) is 62.1 Å². The van der Waals surface area contributed by atoms with Crippen molar-refractivity contribution in [3.63, 3.8) is 0 Å². The normalized spacial score (nSPS) is 17.0. The van der Waals surface area contributed by atoms with Crippen LogP contribution in [-0.4, -0.2) is 70.1 Å². The van der Waals surface area contributed by atoms with Gasteiger partial charge in [-0.15, -0.1) is 0 Å². The lowest BCUT2D eigenvalue weighted by atomic mass is 9.90. The minimum Gasteiger partial charge on any atom is -0.398 e. The Balaban J connectivity index is 1.79. The topological polar surface area (TPSA) is 154 Å². The summed E-state index contributed by atoms with van der Waals surface area (Å²) in [5.74, 6) is -0.881. The Morgan fingerprint density at radius 1 is 1.25 bits per heavy atom. The van der Waals surface area contributed by atoms with E-state index in [1.165, 1.54) is 6.08 Å². The van der Waals surface area contributed by atoms with Gasteiger partial charge in [-0.3, -0.25) is 15.2 Å². The predicted molar refractivity (Wildman–Crippen MR) is 174 cm³/mol. The van der Waals surface area contributed by atoms with Gasteiger partial charge in [0.1, 0.15) is 5.84 Å². The van der Waals surface area contributed by atoms with Gasteiger partial charge < -0.3 is 36.7 Å². The average Bonchev–Trinajstić information content (AvgIpc) is 3.00. The number of aliphatic hydroxyl groups is 1. The molecule has 1 fully saturated rings. The lowest BCUT2D eigenvalue weighted by Crippen LogP contribution is -2.57. The van der Waals surface area contributed by atoms with Crippen LogP contribution in [0.5, 0.6) is 0 Å². The quantitative estimate of drug-likeness (QED) is 0.123. The van der Waals surface area contributed by atoms with Gasteiger partial charge in [0.25, 0.3) is 0 Å². The second kappa shape index (κ2) is 12.3. The Morgan fingerprint density at radius 3 is 2.68 bits per heavy atom. The summed E-state index contributed by atoms with van der Waals surface area (Å²) in [5.41, 5.74) is 9.89. The number of rotatable bonds is 6. The van der Waals surface area contributed by atoms with Crippen LogP contribution < -0.4 is 16.4 Å². The Kier molecular flexibility index (Phi) is 8.62. The lowest BCUT2D eigenvalue weighted by molar-refractivity contribution is -0.128. The number of fused-ring (bicyclic) bond motifs is 2. The predicted octanol–water partition coefficient (Wildman–Crippen LogP) is 5.37. The molecule has 0 radical (unpaired) electrons. The Bertz CT molecular complexity index is 1690. The molecule has 0 spiro atoms. The summed E-state index contributed by atoms with van der Waals surface area (Å²) in [4.78, 5) is 20.3. The van der Waals surface area contributed by atoms with Gasteiger partial charge in [0.15, 0.2) is 5.82 Å². The zero-order chi connectivity index (χ0) is 31.9. The van der Waals surface area contributed by atoms with Gasteiger partial charge in [-0.25, -0.2) is 4.39 Å². The average molecular weight is 619 g/mol. The summed E-state index contributed by atoms with van der Waals surface area (Å²) in [6.07, 6.45) is 3.56. The van der Waals surface area contributed by atoms with Crippen molar-refractivity contribution in [1.82, 2.24) is 14.8 Å². The molecule has 230 valence electrons. The van der Waals surface area contributed by atoms with Crippen molar-refractivity contribution in [2.45, 2.75) is 39.3 Å². The second-order valence-electron chi connectivity index (χ2n) is 11.1. The number of amides is 1. The van der Waals surface area contributed by atoms with Crippen molar-refractivity contribution < 1.29 is 14.3 Å². The molecule has 44 heavy (non-hydrogen) atoms. The number of nitrogens with one attached hydrogen (secondary N) is 4. The molecular weight excluding hydrogens is 583 g/mol. The van der Waals surface area contributed by atoms with E-state index in [0.29, 0.717) is 77.6 Å². The van der Waals surface area contributed by atoms with E-state index in [1.807, 2.05) is 11.8 Å². The van der Waals surface area contributed by atoms with Crippen LogP contribution in [0, 0.1) is 30.5 Å². The van der Waals surface area contributed by atoms with E-state index in [4.69, 9.17) is 22.7 Å². The SMILES string of the molecule is C=CC(=O)N1CCN2C(=N)c3c(Nc4c(C)ccnc4C(C)O)c(F)c(-c4c(C)ccc(N)c4C=N)c(Cl)c3NCCC2C1. The van der Waals surface area contributed by atoms with Crippen LogP contribution in [0.1, 0.15) is 47.4 Å². The van der Waals surface area contributed by atoms with E-state index in [2.05, 4.69) is 22.2 Å². The number of halogens is 2. The molecule has 3 aromatic rings. The molecule has 3 heterocycles. The summed E-state index contributed by atoms with van der Waals surface area (Å²) in [7, 11) is 0. The number of anilines is 4. The summed E-state index contributed by atoms with van der Waals surface area (Å²) in [5, 5.41) is 34.7. The number of aryl methyl sites for hydroxylation is 2. The van der Waals surface area contributed by atoms with Gasteiger partial charge in [0, 0.05) is 61.4 Å². The van der Waals surface area contributed by atoms with Crippen molar-refractivity contribution in [3.05, 3.63) is 75.8 Å². The summed E-state index contributed by atoms with van der Waals surface area (Å²) < 4.78 is 17.3. The Morgan fingerprint density at radius 2 is 2.00 bits per heavy atom. The number of piperazine rings is 1. The van der Waals surface area contributed by atoms with Crippen molar-refractivity contribution in [1.29, 1.82) is 10.8 Å². The van der Waals surface area contributed by atoms with E-state index in [1.54, 1.807) is 43.1 Å². The number of amidine groups is 1. The molecule has 1 amide bonds. The maximum Gasteiger partial charge on any atom is 0.246 e. The zero-order valence-corrected chi connectivity index (χ0v) is 25.6. The minimum atomic E-state index is -0.966. The highest BCUT2D eigenvalue weighted by Gasteiger charge is 2.37. The van der Waals surface area contributed by atoms with Crippen LogP contribution in [0.25, 0.3) is 11.1 Å². The third-order valence-corrected chi connectivity index (χ3v) is 8.74. The fourth-order valence-electron chi connectivity index (χ4n) is 6.08. The number of benzene rings is 2. The first-order valence-corrected chi connectivity index (χ1v) is 14.7. The van der Waals surface area contributed by atoms with Crippen LogP contribution in [0.4, 0.5) is 27.1 Å². The summed E-state index contributed by atoms with van der Waals surface area (Å²) in [6.45, 7) is 10.4. The molecule has 2 atom stereocenters. The molecule has 2 aromatic carbocycles. The largest absolute Gasteiger partial charge is 0.398 e. The molecule has 2 unspecified atom stereocenters. The highest BCUT2D eigenvalue weighted by Crippen LogP contribution is 2.48. The number of nitrogen functional groups attached to an aromatic ring is 1. The van der Waals surface area contributed by atoms with E-state index in [9.17, 15) is 15.3 Å². The van der Waals surface area contributed by atoms with E-state index >= 15 is 4.39 Å². The first-order valence-electron chi connectivity index (χ1n) is 14.4. The third kappa shape index (κ3) is 5.26. The standard InChI is InChI=1S/C32H36ClFN8O2/c1-5-22(44)41-12-13-42-19(15-41)9-11-39-30-25(32(42)37)31(40-28-17(3)8-10-38-29(28)18(4)43)27(34)24(26(30)33)23-16(2)6-7-21(36)20(23)14-35/h5-8,10,14,18-19,35,37,39-40,43H,1,9,11-13,15,36H2,2-4H3. The van der Waals surface area contributed by atoms with Crippen LogP contribution in [-0.2, 0) is 4.79 Å². The van der Waals surface area contributed by atoms with E-state index < -0.39 is 11.9 Å². The number of carbonyl (C=O) groups is 1. The Hall–Kier alpha value is -4.48. The van der Waals surface area contributed by atoms with Gasteiger partial charge in [0.05, 0.1) is 39.4 Å². The molecule has 2 aliphatic rings. The zero-order valence-electron chi connectivity index (χ0n) is 24.9. The van der Waals surface area contributed by atoms with Crippen LogP contribution >= 0.6 is 11.6 Å².